The molecule has 7 heteroatoms. The monoisotopic (exact) mass is 449 g/mol. The number of benzene rings is 2. The maximum atomic E-state index is 11.2. The number of hydrogen-bond acceptors (Lipinski definition) is 6. The number of fused-ring (bicyclic) bond motifs is 2. The molecule has 0 fully saturated rings. The minimum atomic E-state index is -1.04. The molecule has 0 saturated carbocycles. The second-order valence-corrected chi connectivity index (χ2v) is 6.37. The van der Waals surface area contributed by atoms with E-state index >= 15 is 0 Å². The summed E-state index contributed by atoms with van der Waals surface area (Å²) in [6.07, 6.45) is 0. The summed E-state index contributed by atoms with van der Waals surface area (Å²) in [6, 6.07) is 16.5. The molecular weight excluding hydrogens is 439 g/mol. The molecule has 2 aromatic heterocycles. The first-order chi connectivity index (χ1) is 12.2. The van der Waals surface area contributed by atoms with Gasteiger partial charge in [0.25, 0.3) is 0 Å². The van der Waals surface area contributed by atoms with E-state index in [-0.39, 0.29) is 11.3 Å². The van der Waals surface area contributed by atoms with Gasteiger partial charge in [0, 0.05) is 0 Å². The van der Waals surface area contributed by atoms with Gasteiger partial charge in [0.1, 0.15) is 0 Å². The van der Waals surface area contributed by atoms with Gasteiger partial charge in [-0.05, 0) is 0 Å². The average Bonchev–Trinajstić information content (AvgIpc) is 2.62. The third-order valence-electron chi connectivity index (χ3n) is 3.42. The number of halogens is 1. The summed E-state index contributed by atoms with van der Waals surface area (Å²) in [6.45, 7) is 0. The topological polar surface area (TPSA) is 78.9 Å². The molecule has 0 amide bonds. The molecule has 4 aromatic rings. The number of hydrogen-bond donors (Lipinski definition) is 0. The van der Waals surface area contributed by atoms with E-state index < -0.39 is 22.0 Å². The molecule has 2 heterocycles. The molecule has 25 heavy (non-hydrogen) atoms. The molecule has 0 spiro atoms. The van der Waals surface area contributed by atoms with Crippen LogP contribution in [0.4, 0.5) is 0 Å². The van der Waals surface area contributed by atoms with Crippen molar-refractivity contribution >= 4 is 21.9 Å². The first-order valence-corrected chi connectivity index (χ1v) is 9.00. The van der Waals surface area contributed by atoms with Crippen molar-refractivity contribution in [2.24, 2.45) is 0 Å². The van der Waals surface area contributed by atoms with Gasteiger partial charge in [-0.25, -0.2) is 0 Å². The van der Waals surface area contributed by atoms with Crippen LogP contribution in [0.2, 0.25) is 0 Å². The van der Waals surface area contributed by atoms with Gasteiger partial charge in [-0.1, -0.05) is 0 Å². The summed E-state index contributed by atoms with van der Waals surface area (Å²) in [5.41, 5.74) is 0.248. The predicted molar refractivity (Wildman–Crippen MR) is 86.2 cm³/mol. The molecular formula is C18H10IO6-. The first kappa shape index (κ1) is 15.7. The van der Waals surface area contributed by atoms with Crippen molar-refractivity contribution in [2.75, 3.05) is 0 Å². The third kappa shape index (κ3) is 3.50. The minimum absolute atomic E-state index is 0.385. The maximum absolute atomic E-state index is 11.2. The Labute approximate surface area is 152 Å². The molecule has 0 unspecified atom stereocenters. The van der Waals surface area contributed by atoms with Crippen LogP contribution >= 0.6 is 0 Å². The van der Waals surface area contributed by atoms with Crippen molar-refractivity contribution in [1.82, 2.24) is 0 Å². The Kier molecular flexibility index (Phi) is 4.14. The molecule has 126 valence electrons. The van der Waals surface area contributed by atoms with Crippen molar-refractivity contribution in [3.63, 3.8) is 0 Å². The Morgan fingerprint density at radius 1 is 0.640 bits per heavy atom. The van der Waals surface area contributed by atoms with E-state index in [2.05, 4.69) is 0 Å². The van der Waals surface area contributed by atoms with Crippen molar-refractivity contribution in [1.29, 1.82) is 0 Å². The molecule has 0 bridgehead atoms. The van der Waals surface area contributed by atoms with Crippen LogP contribution in [-0.4, -0.2) is 0 Å². The molecule has 0 aliphatic carbocycles. The van der Waals surface area contributed by atoms with Crippen molar-refractivity contribution in [3.05, 3.63) is 81.5 Å². The second kappa shape index (κ2) is 6.60. The molecule has 0 atom stereocenters. The van der Waals surface area contributed by atoms with Crippen LogP contribution in [-0.2, 0) is 0 Å². The Bertz CT molecular complexity index is 1080. The molecule has 0 N–H and O–H groups in total. The summed E-state index contributed by atoms with van der Waals surface area (Å²) >= 11 is -1.04. The quantitative estimate of drug-likeness (QED) is 0.329. The van der Waals surface area contributed by atoms with Crippen molar-refractivity contribution in [2.45, 2.75) is 0 Å². The summed E-state index contributed by atoms with van der Waals surface area (Å²) in [5.74, 6) is 1.28. The van der Waals surface area contributed by atoms with Crippen LogP contribution in [0.5, 0.6) is 11.5 Å². The van der Waals surface area contributed by atoms with E-state index in [0.29, 0.717) is 22.7 Å². The average molecular weight is 449 g/mol. The van der Waals surface area contributed by atoms with Crippen molar-refractivity contribution < 1.29 is 37.0 Å². The summed E-state index contributed by atoms with van der Waals surface area (Å²) in [7, 11) is 0. The van der Waals surface area contributed by atoms with Gasteiger partial charge < -0.3 is 0 Å². The SMILES string of the molecule is O=c1ccc2cc(O[I-]Oc3ccc4oc(=O)ccc4c3)ccc2o1. The molecule has 2 aromatic carbocycles. The van der Waals surface area contributed by atoms with Crippen LogP contribution in [0.3, 0.4) is 0 Å². The van der Waals surface area contributed by atoms with Crippen LogP contribution in [0, 0.1) is 0 Å². The van der Waals surface area contributed by atoms with Crippen LogP contribution in [0.25, 0.3) is 21.9 Å². The Balaban J connectivity index is 1.46. The summed E-state index contributed by atoms with van der Waals surface area (Å²) in [4.78, 5) is 22.3. The van der Waals surface area contributed by atoms with Gasteiger partial charge in [-0.2, -0.15) is 0 Å². The van der Waals surface area contributed by atoms with Gasteiger partial charge >= 0.3 is 152 Å². The van der Waals surface area contributed by atoms with E-state index in [1.807, 2.05) is 0 Å². The standard InChI is InChI=1S/C18H10IO6/c20-17-7-1-11-9-13(3-5-15(11)22-17)24-19-25-14-4-6-16-12(10-14)2-8-18(21)23-16/h1-10H/q-1. The molecule has 0 radical (unpaired) electrons. The van der Waals surface area contributed by atoms with Gasteiger partial charge in [0.05, 0.1) is 0 Å². The Morgan fingerprint density at radius 2 is 1.12 bits per heavy atom. The first-order valence-electron chi connectivity index (χ1n) is 7.24. The fourth-order valence-electron chi connectivity index (χ4n) is 2.28. The molecule has 4 rings (SSSR count). The zero-order valence-electron chi connectivity index (χ0n) is 12.6. The fraction of sp³-hybridized carbons (Fsp3) is 0. The van der Waals surface area contributed by atoms with E-state index in [1.165, 1.54) is 12.1 Å². The molecule has 6 nitrogen and oxygen atoms in total. The van der Waals surface area contributed by atoms with Crippen LogP contribution in [0.15, 0.2) is 79.1 Å². The predicted octanol–water partition coefficient (Wildman–Crippen LogP) is 0.276. The normalized spacial score (nSPS) is 11.0. The van der Waals surface area contributed by atoms with Gasteiger partial charge in [0.15, 0.2) is 0 Å². The Morgan fingerprint density at radius 3 is 1.60 bits per heavy atom. The zero-order valence-corrected chi connectivity index (χ0v) is 14.8. The fourth-order valence-corrected chi connectivity index (χ4v) is 3.34. The van der Waals surface area contributed by atoms with E-state index in [1.54, 1.807) is 48.5 Å². The summed E-state index contributed by atoms with van der Waals surface area (Å²) in [5, 5.41) is 1.56. The van der Waals surface area contributed by atoms with Crippen LogP contribution in [0.1, 0.15) is 0 Å². The molecule has 0 aliphatic rings. The van der Waals surface area contributed by atoms with Gasteiger partial charge in [0.2, 0.25) is 0 Å². The van der Waals surface area contributed by atoms with Crippen molar-refractivity contribution in [3.8, 4) is 11.5 Å². The molecule has 0 aliphatic heterocycles. The van der Waals surface area contributed by atoms with Crippen LogP contribution < -0.4 is 39.4 Å². The third-order valence-corrected chi connectivity index (χ3v) is 4.80. The van der Waals surface area contributed by atoms with Gasteiger partial charge in [-0.15, -0.1) is 0 Å². The second-order valence-electron chi connectivity index (χ2n) is 5.13. The van der Waals surface area contributed by atoms with E-state index in [9.17, 15) is 9.59 Å². The molecule has 0 saturated heterocycles. The van der Waals surface area contributed by atoms with E-state index in [4.69, 9.17) is 15.0 Å². The summed E-state index contributed by atoms with van der Waals surface area (Å²) < 4.78 is 21.5. The Hall–Kier alpha value is -2.81. The zero-order chi connectivity index (χ0) is 17.2. The van der Waals surface area contributed by atoms with E-state index in [0.717, 1.165) is 10.8 Å². The number of rotatable bonds is 4. The van der Waals surface area contributed by atoms with Gasteiger partial charge in [-0.3, -0.25) is 0 Å².